The molecule has 6 heteroatoms. The van der Waals surface area contributed by atoms with Crippen LogP contribution in [0.5, 0.6) is 11.5 Å². The number of carbonyl (C=O) groups excluding carboxylic acids is 1. The van der Waals surface area contributed by atoms with E-state index in [4.69, 9.17) is 4.74 Å². The molecule has 0 radical (unpaired) electrons. The van der Waals surface area contributed by atoms with Gasteiger partial charge in [0.05, 0.1) is 28.5 Å². The van der Waals surface area contributed by atoms with Crippen LogP contribution < -0.4 is 15.4 Å². The van der Waals surface area contributed by atoms with Crippen LogP contribution in [0.3, 0.4) is 0 Å². The molecule has 3 aromatic carbocycles. The number of hydrogen-bond donors (Lipinski definition) is 3. The minimum absolute atomic E-state index is 0.0565. The van der Waals surface area contributed by atoms with E-state index in [9.17, 15) is 9.90 Å². The lowest BCUT2D eigenvalue weighted by Crippen LogP contribution is -2.27. The highest BCUT2D eigenvalue weighted by Crippen LogP contribution is 2.46. The minimum atomic E-state index is -0.378. The van der Waals surface area contributed by atoms with Crippen molar-refractivity contribution in [2.45, 2.75) is 31.7 Å². The summed E-state index contributed by atoms with van der Waals surface area (Å²) in [4.78, 5) is 13.6. The van der Waals surface area contributed by atoms with Gasteiger partial charge in [-0.2, -0.15) is 0 Å². The number of halogens is 1. The molecule has 2 aliphatic rings. The molecule has 1 aliphatic heterocycles. The smallest absolute Gasteiger partial charge is 0.172 e. The zero-order chi connectivity index (χ0) is 22.9. The number of allylic oxidation sites excluding steroid dienone is 1. The third kappa shape index (κ3) is 4.11. The summed E-state index contributed by atoms with van der Waals surface area (Å²) < 4.78 is 6.19. The van der Waals surface area contributed by atoms with Crippen LogP contribution in [0.1, 0.15) is 42.9 Å². The molecule has 0 fully saturated rings. The molecule has 3 aromatic rings. The van der Waals surface area contributed by atoms with Gasteiger partial charge in [0.25, 0.3) is 0 Å². The maximum atomic E-state index is 13.6. The second kappa shape index (κ2) is 8.94. The first-order chi connectivity index (χ1) is 16.0. The number of Topliss-reactive ketones (excluding diaryl/α,β-unsaturated/α-hetero) is 1. The van der Waals surface area contributed by atoms with Gasteiger partial charge in [-0.25, -0.2) is 0 Å². The van der Waals surface area contributed by atoms with E-state index < -0.39 is 0 Å². The summed E-state index contributed by atoms with van der Waals surface area (Å²) in [6.45, 7) is 2.30. The third-order valence-corrected chi connectivity index (χ3v) is 6.87. The van der Waals surface area contributed by atoms with Gasteiger partial charge < -0.3 is 20.5 Å². The minimum Gasteiger partial charge on any atom is -0.503 e. The van der Waals surface area contributed by atoms with E-state index in [-0.39, 0.29) is 23.5 Å². The fourth-order valence-electron chi connectivity index (χ4n) is 4.73. The van der Waals surface area contributed by atoms with Gasteiger partial charge in [-0.3, -0.25) is 4.79 Å². The van der Waals surface area contributed by atoms with Crippen molar-refractivity contribution in [3.63, 3.8) is 0 Å². The first-order valence-electron chi connectivity index (χ1n) is 11.1. The molecule has 5 nitrogen and oxygen atoms in total. The Labute approximate surface area is 201 Å². The van der Waals surface area contributed by atoms with Gasteiger partial charge in [0.15, 0.2) is 17.3 Å². The highest BCUT2D eigenvalue weighted by molar-refractivity contribution is 9.10. The van der Waals surface area contributed by atoms with Crippen LogP contribution in [-0.2, 0) is 4.79 Å². The molecule has 0 saturated carbocycles. The van der Waals surface area contributed by atoms with Gasteiger partial charge in [-0.1, -0.05) is 42.5 Å². The molecular weight excluding hydrogens is 480 g/mol. The zero-order valence-corrected chi connectivity index (χ0v) is 19.9. The Morgan fingerprint density at radius 1 is 1.00 bits per heavy atom. The molecule has 2 unspecified atom stereocenters. The average molecular weight is 505 g/mol. The first-order valence-corrected chi connectivity index (χ1v) is 11.9. The molecule has 3 N–H and O–H groups in total. The van der Waals surface area contributed by atoms with Crippen LogP contribution in [0.2, 0.25) is 0 Å². The summed E-state index contributed by atoms with van der Waals surface area (Å²) in [7, 11) is 0. The number of nitrogens with one attached hydrogen (secondary N) is 2. The Morgan fingerprint density at radius 3 is 2.48 bits per heavy atom. The SMILES string of the molecule is CCOc1cc(C2Nc3ccccc3NC3=C2C(=O)CC(c2ccccc2)C3)cc(Br)c1O. The van der Waals surface area contributed by atoms with Crippen LogP contribution in [0.4, 0.5) is 11.4 Å². The van der Waals surface area contributed by atoms with Gasteiger partial charge in [0.2, 0.25) is 0 Å². The van der Waals surface area contributed by atoms with Crippen LogP contribution in [0.15, 0.2) is 82.5 Å². The van der Waals surface area contributed by atoms with E-state index in [0.29, 0.717) is 23.2 Å². The molecule has 0 saturated heterocycles. The van der Waals surface area contributed by atoms with Crippen molar-refractivity contribution in [3.05, 3.63) is 93.6 Å². The second-order valence-corrected chi connectivity index (χ2v) is 9.22. The molecule has 2 atom stereocenters. The normalized spacial score (nSPS) is 19.6. The number of aromatic hydroxyl groups is 1. The van der Waals surface area contributed by atoms with Gasteiger partial charge in [0, 0.05) is 17.7 Å². The third-order valence-electron chi connectivity index (χ3n) is 6.26. The highest BCUT2D eigenvalue weighted by atomic mass is 79.9. The molecule has 0 spiro atoms. The van der Waals surface area contributed by atoms with E-state index in [1.807, 2.05) is 61.5 Å². The van der Waals surface area contributed by atoms with Crippen molar-refractivity contribution in [2.24, 2.45) is 0 Å². The standard InChI is InChI=1S/C27H25BrN2O3/c1-2-33-24-15-18(12-19(28)27(24)32)26-25-22(29-20-10-6-7-11-21(20)30-26)13-17(14-23(25)31)16-8-4-3-5-9-16/h3-12,15,17,26,29-30,32H,2,13-14H2,1H3. The number of rotatable bonds is 4. The average Bonchev–Trinajstić information content (AvgIpc) is 2.99. The lowest BCUT2D eigenvalue weighted by Gasteiger charge is -2.30. The fourth-order valence-corrected chi connectivity index (χ4v) is 5.19. The van der Waals surface area contributed by atoms with Crippen LogP contribution in [-0.4, -0.2) is 17.5 Å². The van der Waals surface area contributed by atoms with Crippen LogP contribution in [0.25, 0.3) is 0 Å². The van der Waals surface area contributed by atoms with Gasteiger partial charge in [-0.05, 0) is 70.6 Å². The molecule has 0 aromatic heterocycles. The summed E-state index contributed by atoms with van der Waals surface area (Å²) in [6.07, 6.45) is 1.20. The van der Waals surface area contributed by atoms with Gasteiger partial charge >= 0.3 is 0 Å². The molecule has 5 rings (SSSR count). The fraction of sp³-hybridized carbons (Fsp3) is 0.222. The van der Waals surface area contributed by atoms with Crippen molar-refractivity contribution >= 4 is 33.1 Å². The lowest BCUT2D eigenvalue weighted by atomic mass is 9.78. The summed E-state index contributed by atoms with van der Waals surface area (Å²) in [5.41, 5.74) is 5.55. The molecule has 0 bridgehead atoms. The lowest BCUT2D eigenvalue weighted by molar-refractivity contribution is -0.116. The van der Waals surface area contributed by atoms with E-state index >= 15 is 0 Å². The predicted octanol–water partition coefficient (Wildman–Crippen LogP) is 6.53. The largest absolute Gasteiger partial charge is 0.503 e. The Balaban J connectivity index is 1.64. The van der Waals surface area contributed by atoms with Crippen LogP contribution in [0, 0.1) is 0 Å². The number of para-hydroxylation sites is 2. The predicted molar refractivity (Wildman–Crippen MR) is 134 cm³/mol. The van der Waals surface area contributed by atoms with Gasteiger partial charge in [0.1, 0.15) is 0 Å². The number of fused-ring (bicyclic) bond motifs is 1. The Kier molecular flexibility index (Phi) is 5.85. The molecular formula is C27H25BrN2O3. The van der Waals surface area contributed by atoms with Crippen molar-refractivity contribution < 1.29 is 14.6 Å². The van der Waals surface area contributed by atoms with Gasteiger partial charge in [-0.15, -0.1) is 0 Å². The Morgan fingerprint density at radius 2 is 1.73 bits per heavy atom. The molecule has 168 valence electrons. The van der Waals surface area contributed by atoms with Crippen molar-refractivity contribution in [1.82, 2.24) is 0 Å². The molecule has 33 heavy (non-hydrogen) atoms. The van der Waals surface area contributed by atoms with E-state index in [1.54, 1.807) is 0 Å². The summed E-state index contributed by atoms with van der Waals surface area (Å²) in [6, 6.07) is 21.5. The van der Waals surface area contributed by atoms with Crippen LogP contribution >= 0.6 is 15.9 Å². The topological polar surface area (TPSA) is 70.6 Å². The number of carbonyl (C=O) groups is 1. The Bertz CT molecular complexity index is 1240. The first kappa shape index (κ1) is 21.6. The number of phenols is 1. The number of anilines is 2. The second-order valence-electron chi connectivity index (χ2n) is 8.36. The molecule has 1 heterocycles. The molecule has 1 aliphatic carbocycles. The maximum Gasteiger partial charge on any atom is 0.172 e. The monoisotopic (exact) mass is 504 g/mol. The number of hydrogen-bond acceptors (Lipinski definition) is 5. The number of phenolic OH excluding ortho intramolecular Hbond substituents is 1. The zero-order valence-electron chi connectivity index (χ0n) is 18.3. The number of ketones is 1. The summed E-state index contributed by atoms with van der Waals surface area (Å²) in [5.74, 6) is 0.689. The highest BCUT2D eigenvalue weighted by Gasteiger charge is 2.36. The van der Waals surface area contributed by atoms with E-state index in [2.05, 4.69) is 38.7 Å². The number of benzene rings is 3. The maximum absolute atomic E-state index is 13.6. The summed E-state index contributed by atoms with van der Waals surface area (Å²) in [5, 5.41) is 17.6. The Hall–Kier alpha value is -3.25. The summed E-state index contributed by atoms with van der Waals surface area (Å²) >= 11 is 3.45. The van der Waals surface area contributed by atoms with Crippen molar-refractivity contribution in [3.8, 4) is 11.5 Å². The van der Waals surface area contributed by atoms with Crippen molar-refractivity contribution in [1.29, 1.82) is 0 Å². The van der Waals surface area contributed by atoms with Crippen molar-refractivity contribution in [2.75, 3.05) is 17.2 Å². The van der Waals surface area contributed by atoms with E-state index in [0.717, 1.165) is 34.6 Å². The molecule has 0 amide bonds. The number of ether oxygens (including phenoxy) is 1. The van der Waals surface area contributed by atoms with E-state index in [1.165, 1.54) is 5.56 Å². The quantitative estimate of drug-likeness (QED) is 0.376.